The zero-order valence-corrected chi connectivity index (χ0v) is 18.7. The van der Waals surface area contributed by atoms with Gasteiger partial charge in [0.25, 0.3) is 11.5 Å². The number of rotatable bonds is 6. The Kier molecular flexibility index (Phi) is 5.38. The fraction of sp³-hybridized carbons (Fsp3) is 0.217. The topological polar surface area (TPSA) is 140 Å². The van der Waals surface area contributed by atoms with E-state index in [9.17, 15) is 9.59 Å². The average molecular weight is 461 g/mol. The fourth-order valence-electron chi connectivity index (χ4n) is 3.97. The first-order chi connectivity index (χ1) is 16.5. The van der Waals surface area contributed by atoms with Crippen LogP contribution in [0.2, 0.25) is 0 Å². The Morgan fingerprint density at radius 2 is 2.09 bits per heavy atom. The number of nitrogen functional groups attached to an aromatic ring is 1. The summed E-state index contributed by atoms with van der Waals surface area (Å²) < 4.78 is 12.8. The van der Waals surface area contributed by atoms with E-state index < -0.39 is 0 Å². The lowest BCUT2D eigenvalue weighted by atomic mass is 10.1. The maximum Gasteiger partial charge on any atom is 0.272 e. The maximum absolute atomic E-state index is 13.0. The number of aromatic amines is 1. The molecule has 0 unspecified atom stereocenters. The van der Waals surface area contributed by atoms with Crippen LogP contribution in [0.4, 0.5) is 5.82 Å². The molecular formula is C23H23N7O4. The number of aryl methyl sites for hydroxylation is 1. The van der Waals surface area contributed by atoms with Crippen molar-refractivity contribution in [3.8, 4) is 17.2 Å². The molecule has 34 heavy (non-hydrogen) atoms. The highest BCUT2D eigenvalue weighted by molar-refractivity contribution is 6.10. The highest BCUT2D eigenvalue weighted by Crippen LogP contribution is 2.36. The van der Waals surface area contributed by atoms with Crippen LogP contribution >= 0.6 is 0 Å². The first-order valence-corrected chi connectivity index (χ1v) is 10.6. The number of nitrogens with zero attached hydrogens (tertiary/aromatic N) is 4. The zero-order valence-electron chi connectivity index (χ0n) is 18.7. The van der Waals surface area contributed by atoms with Gasteiger partial charge in [-0.1, -0.05) is 18.2 Å². The lowest BCUT2D eigenvalue weighted by molar-refractivity contribution is -0.127. The third-order valence-electron chi connectivity index (χ3n) is 5.61. The summed E-state index contributed by atoms with van der Waals surface area (Å²) in [5.74, 6) is 0.656. The average Bonchev–Trinajstić information content (AvgIpc) is 3.45. The van der Waals surface area contributed by atoms with Gasteiger partial charge in [-0.05, 0) is 18.6 Å². The number of pyridine rings is 1. The van der Waals surface area contributed by atoms with E-state index in [-0.39, 0.29) is 29.3 Å². The standard InChI is InChI=1S/C23H23N7O4/c1-13-5-3-4-6-16(13)30-22(24)20-21(28-30)19-15(26-23(20)32)9-14(33-2)10-17(19)34-11-18(31)27-29-8-7-25-12-29/h3-7,9-10H,8,11-12,24H2,1-2H3,(H,26,32)(H,27,31). The number of fused-ring (bicyclic) bond motifs is 3. The van der Waals surface area contributed by atoms with E-state index in [1.807, 2.05) is 31.2 Å². The molecule has 3 heterocycles. The maximum atomic E-state index is 13.0. The molecule has 174 valence electrons. The van der Waals surface area contributed by atoms with Gasteiger partial charge < -0.3 is 20.2 Å². The molecule has 11 nitrogen and oxygen atoms in total. The number of hydrogen-bond donors (Lipinski definition) is 3. The molecule has 0 atom stereocenters. The first kappa shape index (κ1) is 21.5. The Bertz CT molecular complexity index is 1500. The molecule has 0 aliphatic carbocycles. The minimum Gasteiger partial charge on any atom is -0.497 e. The molecule has 1 aliphatic heterocycles. The van der Waals surface area contributed by atoms with Crippen molar-refractivity contribution in [2.45, 2.75) is 6.92 Å². The highest BCUT2D eigenvalue weighted by atomic mass is 16.5. The van der Waals surface area contributed by atoms with Crippen LogP contribution in [0.1, 0.15) is 5.56 Å². The summed E-state index contributed by atoms with van der Waals surface area (Å²) in [5, 5.41) is 7.11. The van der Waals surface area contributed by atoms with Crippen LogP contribution in [0.15, 0.2) is 46.2 Å². The monoisotopic (exact) mass is 461 g/mol. The highest BCUT2D eigenvalue weighted by Gasteiger charge is 2.21. The van der Waals surface area contributed by atoms with Crippen molar-refractivity contribution in [1.29, 1.82) is 0 Å². The minimum absolute atomic E-state index is 0.209. The number of hydrazine groups is 1. The van der Waals surface area contributed by atoms with Crippen molar-refractivity contribution in [2.75, 3.05) is 32.7 Å². The van der Waals surface area contributed by atoms with Crippen LogP contribution < -0.4 is 26.2 Å². The van der Waals surface area contributed by atoms with Gasteiger partial charge in [0.2, 0.25) is 0 Å². The molecule has 4 N–H and O–H groups in total. The largest absolute Gasteiger partial charge is 0.497 e. The number of aromatic nitrogens is 3. The Morgan fingerprint density at radius 1 is 1.26 bits per heavy atom. The number of hydrogen-bond acceptors (Lipinski definition) is 8. The van der Waals surface area contributed by atoms with E-state index in [2.05, 4.69) is 20.5 Å². The van der Waals surface area contributed by atoms with Gasteiger partial charge in [0, 0.05) is 18.3 Å². The number of H-pyrrole nitrogens is 1. The number of carbonyl (C=O) groups is 1. The van der Waals surface area contributed by atoms with E-state index in [0.717, 1.165) is 11.3 Å². The number of anilines is 1. The predicted octanol–water partition coefficient (Wildman–Crippen LogP) is 1.52. The zero-order chi connectivity index (χ0) is 23.8. The number of amides is 1. The summed E-state index contributed by atoms with van der Waals surface area (Å²) in [6.07, 6.45) is 1.72. The van der Waals surface area contributed by atoms with Crippen LogP contribution in [0, 0.1) is 6.92 Å². The summed E-state index contributed by atoms with van der Waals surface area (Å²) in [6, 6.07) is 10.9. The van der Waals surface area contributed by atoms with Gasteiger partial charge in [-0.25, -0.2) is 4.68 Å². The Balaban J connectivity index is 1.62. The van der Waals surface area contributed by atoms with Crippen molar-refractivity contribution in [3.05, 3.63) is 52.3 Å². The van der Waals surface area contributed by atoms with E-state index in [4.69, 9.17) is 15.2 Å². The second kappa shape index (κ2) is 8.52. The van der Waals surface area contributed by atoms with Crippen LogP contribution in [0.5, 0.6) is 11.5 Å². The minimum atomic E-state index is -0.384. The van der Waals surface area contributed by atoms with Gasteiger partial charge >= 0.3 is 0 Å². The van der Waals surface area contributed by atoms with Crippen LogP contribution in [0.25, 0.3) is 27.5 Å². The summed E-state index contributed by atoms with van der Waals surface area (Å²) in [5.41, 5.74) is 11.3. The van der Waals surface area contributed by atoms with E-state index in [1.54, 1.807) is 28.0 Å². The number of carbonyl (C=O) groups excluding carboxylic acids is 1. The molecule has 1 aliphatic rings. The first-order valence-electron chi connectivity index (χ1n) is 10.6. The molecule has 11 heteroatoms. The third kappa shape index (κ3) is 3.71. The SMILES string of the molecule is COc1cc(OCC(=O)NN2CC=NC2)c2c(c1)[nH]c(=O)c1c(N)n(-c3ccccc3C)nc12. The quantitative estimate of drug-likeness (QED) is 0.395. The molecule has 4 aromatic rings. The second-order valence-electron chi connectivity index (χ2n) is 7.86. The van der Waals surface area contributed by atoms with Crippen LogP contribution in [-0.2, 0) is 4.79 Å². The van der Waals surface area contributed by atoms with E-state index in [1.165, 1.54) is 7.11 Å². The normalized spacial score (nSPS) is 13.6. The number of benzene rings is 2. The number of methoxy groups -OCH3 is 1. The Hall–Kier alpha value is -4.38. The molecule has 1 amide bonds. The second-order valence-corrected chi connectivity index (χ2v) is 7.86. The lowest BCUT2D eigenvalue weighted by Gasteiger charge is -2.16. The molecule has 0 bridgehead atoms. The summed E-state index contributed by atoms with van der Waals surface area (Å²) >= 11 is 0. The molecule has 0 saturated heterocycles. The van der Waals surface area contributed by atoms with E-state index in [0.29, 0.717) is 41.1 Å². The van der Waals surface area contributed by atoms with Crippen molar-refractivity contribution in [2.24, 2.45) is 4.99 Å². The van der Waals surface area contributed by atoms with Crippen LogP contribution in [0.3, 0.4) is 0 Å². The van der Waals surface area contributed by atoms with Crippen LogP contribution in [-0.4, -0.2) is 58.8 Å². The summed E-state index contributed by atoms with van der Waals surface area (Å²) in [7, 11) is 1.51. The third-order valence-corrected chi connectivity index (χ3v) is 5.61. The van der Waals surface area contributed by atoms with Gasteiger partial charge in [0.05, 0.1) is 30.2 Å². The number of para-hydroxylation sites is 1. The molecule has 2 aromatic carbocycles. The number of aliphatic imine (C=N–C) groups is 1. The summed E-state index contributed by atoms with van der Waals surface area (Å²) in [4.78, 5) is 32.3. The van der Waals surface area contributed by atoms with Crippen molar-refractivity contribution in [1.82, 2.24) is 25.2 Å². The number of nitrogens with one attached hydrogen (secondary N) is 2. The summed E-state index contributed by atoms with van der Waals surface area (Å²) in [6.45, 7) is 2.61. The van der Waals surface area contributed by atoms with Gasteiger partial charge in [-0.15, -0.1) is 0 Å². The predicted molar refractivity (Wildman–Crippen MR) is 129 cm³/mol. The molecule has 0 saturated carbocycles. The van der Waals surface area contributed by atoms with Crippen molar-refractivity contribution in [3.63, 3.8) is 0 Å². The molecule has 0 fully saturated rings. The van der Waals surface area contributed by atoms with E-state index >= 15 is 0 Å². The smallest absolute Gasteiger partial charge is 0.272 e. The lowest BCUT2D eigenvalue weighted by Crippen LogP contribution is -2.43. The molecule has 5 rings (SSSR count). The fourth-order valence-corrected chi connectivity index (χ4v) is 3.97. The molecular weight excluding hydrogens is 438 g/mol. The number of nitrogens with two attached hydrogens (primary N) is 1. The van der Waals surface area contributed by atoms with Crippen molar-refractivity contribution >= 4 is 39.7 Å². The van der Waals surface area contributed by atoms with Crippen molar-refractivity contribution < 1.29 is 14.3 Å². The molecule has 2 aromatic heterocycles. The van der Waals surface area contributed by atoms with Gasteiger partial charge in [-0.2, -0.15) is 10.1 Å². The Labute approximate surface area is 193 Å². The number of ether oxygens (including phenoxy) is 2. The van der Waals surface area contributed by atoms with Gasteiger partial charge in [-0.3, -0.25) is 20.0 Å². The Morgan fingerprint density at radius 3 is 2.82 bits per heavy atom. The molecule has 0 spiro atoms. The molecule has 0 radical (unpaired) electrons. The van der Waals surface area contributed by atoms with Gasteiger partial charge in [0.15, 0.2) is 6.61 Å². The van der Waals surface area contributed by atoms with Gasteiger partial charge in [0.1, 0.15) is 34.9 Å².